The maximum Gasteiger partial charge on any atom is 0.333 e. The first-order valence-electron chi connectivity index (χ1n) is 18.5. The Kier molecular flexibility index (Phi) is 14.1. The van der Waals surface area contributed by atoms with Crippen molar-refractivity contribution in [3.63, 3.8) is 0 Å². The first kappa shape index (κ1) is 44.8. The third-order valence-electron chi connectivity index (χ3n) is 9.93. The topological polar surface area (TPSA) is 234 Å². The molecule has 1 unspecified atom stereocenters. The van der Waals surface area contributed by atoms with Crippen molar-refractivity contribution in [2.24, 2.45) is 0 Å². The third kappa shape index (κ3) is 11.5. The van der Waals surface area contributed by atoms with Crippen LogP contribution in [0.15, 0.2) is 71.3 Å². The standard InChI is InChI=1S/C38H45N3O13S4/c1-27-14-16-31-32(25-27)55-36(40(31)22-10-24-57(48,49)50)12-6-3-5-11-33-38(2,20-8-4-7-13-37(44)54-41-34(42)18-19-35(41)43)29-26-28(58(51,52)53)15-17-30(29)39(33)21-9-23-56(45,46)47/h3,5-6,11-12,14-17,25-26H,4,7-10,13,18-24H2,1-2H3,(H2-,45,46,47,48,49,50,51,52,53)/p+1. The van der Waals surface area contributed by atoms with E-state index in [0.29, 0.717) is 54.2 Å². The van der Waals surface area contributed by atoms with Gasteiger partial charge in [-0.1, -0.05) is 48.5 Å². The van der Waals surface area contributed by atoms with Crippen molar-refractivity contribution in [3.8, 4) is 0 Å². The molecular formula is C38H46N3O13S4+. The molecule has 1 fully saturated rings. The highest BCUT2D eigenvalue weighted by Crippen LogP contribution is 2.51. The molecule has 3 aromatic rings. The second kappa shape index (κ2) is 18.3. The molecule has 0 bridgehead atoms. The van der Waals surface area contributed by atoms with Crippen molar-refractivity contribution in [3.05, 3.63) is 82.5 Å². The molecule has 2 aliphatic rings. The lowest BCUT2D eigenvalue weighted by Gasteiger charge is -2.30. The number of allylic oxidation sites excluding steroid dienone is 5. The lowest BCUT2D eigenvalue weighted by atomic mass is 9.77. The van der Waals surface area contributed by atoms with E-state index in [1.807, 2.05) is 53.7 Å². The normalized spacial score (nSPS) is 18.5. The summed E-state index contributed by atoms with van der Waals surface area (Å²) < 4.78 is 102. The zero-order valence-corrected chi connectivity index (χ0v) is 35.2. The van der Waals surface area contributed by atoms with Gasteiger partial charge < -0.3 is 9.74 Å². The van der Waals surface area contributed by atoms with Gasteiger partial charge in [-0.05, 0) is 74.6 Å². The fourth-order valence-electron chi connectivity index (χ4n) is 7.15. The first-order chi connectivity index (χ1) is 27.2. The predicted molar refractivity (Wildman–Crippen MR) is 216 cm³/mol. The Labute approximate surface area is 341 Å². The zero-order valence-electron chi connectivity index (χ0n) is 31.9. The van der Waals surface area contributed by atoms with Crippen LogP contribution >= 0.6 is 11.3 Å². The van der Waals surface area contributed by atoms with E-state index in [9.17, 15) is 53.3 Å². The Hall–Kier alpha value is -4.31. The molecule has 0 aliphatic carbocycles. The van der Waals surface area contributed by atoms with Gasteiger partial charge in [-0.25, -0.2) is 4.79 Å². The van der Waals surface area contributed by atoms with Crippen molar-refractivity contribution in [2.75, 3.05) is 23.0 Å². The smallest absolute Gasteiger partial charge is 0.333 e. The third-order valence-corrected chi connectivity index (χ3v) is 13.5. The van der Waals surface area contributed by atoms with E-state index in [0.717, 1.165) is 20.8 Å². The number of unbranched alkanes of at least 4 members (excludes halogenated alkanes) is 2. The molecule has 2 aliphatic heterocycles. The number of aromatic nitrogens is 1. The molecule has 1 aromatic heterocycles. The van der Waals surface area contributed by atoms with Gasteiger partial charge in [0.25, 0.3) is 47.2 Å². The molecule has 0 spiro atoms. The summed E-state index contributed by atoms with van der Waals surface area (Å²) in [5, 5.41) is 1.33. The van der Waals surface area contributed by atoms with Crippen LogP contribution in [-0.4, -0.2) is 79.8 Å². The largest absolute Gasteiger partial charge is 0.344 e. The van der Waals surface area contributed by atoms with Gasteiger partial charge in [-0.3, -0.25) is 23.2 Å². The average Bonchev–Trinajstić information content (AvgIpc) is 3.70. The number of hydrogen-bond acceptors (Lipinski definition) is 12. The van der Waals surface area contributed by atoms with Crippen LogP contribution in [0.5, 0.6) is 0 Å². The van der Waals surface area contributed by atoms with E-state index >= 15 is 0 Å². The molecule has 0 saturated carbocycles. The minimum absolute atomic E-state index is 0.0205. The molecule has 58 heavy (non-hydrogen) atoms. The molecule has 3 N–H and O–H groups in total. The van der Waals surface area contributed by atoms with E-state index < -0.39 is 59.3 Å². The van der Waals surface area contributed by atoms with Gasteiger partial charge >= 0.3 is 5.97 Å². The number of hydroxylamine groups is 2. The molecule has 2 aromatic carbocycles. The highest BCUT2D eigenvalue weighted by molar-refractivity contribution is 7.86. The Morgan fingerprint density at radius 2 is 1.57 bits per heavy atom. The van der Waals surface area contributed by atoms with Gasteiger partial charge in [-0.2, -0.15) is 29.8 Å². The van der Waals surface area contributed by atoms with Gasteiger partial charge in [0.2, 0.25) is 5.52 Å². The summed E-state index contributed by atoms with van der Waals surface area (Å²) in [6.45, 7) is 4.34. The number of carbonyl (C=O) groups is 3. The Morgan fingerprint density at radius 3 is 2.24 bits per heavy atom. The van der Waals surface area contributed by atoms with Crippen LogP contribution in [0, 0.1) is 6.92 Å². The quantitative estimate of drug-likeness (QED) is 0.0468. The molecule has 314 valence electrons. The van der Waals surface area contributed by atoms with Crippen molar-refractivity contribution in [1.29, 1.82) is 0 Å². The zero-order chi connectivity index (χ0) is 42.5. The monoisotopic (exact) mass is 880 g/mol. The van der Waals surface area contributed by atoms with Crippen molar-refractivity contribution in [1.82, 2.24) is 5.06 Å². The predicted octanol–water partition coefficient (Wildman–Crippen LogP) is 5.09. The summed E-state index contributed by atoms with van der Waals surface area (Å²) >= 11 is 1.51. The Morgan fingerprint density at radius 1 is 0.879 bits per heavy atom. The van der Waals surface area contributed by atoms with Crippen LogP contribution in [0.25, 0.3) is 16.3 Å². The fraction of sp³-hybridized carbons (Fsp3) is 0.421. The molecule has 1 saturated heterocycles. The number of carbonyl (C=O) groups excluding carboxylic acids is 3. The van der Waals surface area contributed by atoms with Crippen molar-refractivity contribution < 1.29 is 62.7 Å². The Balaban J connectivity index is 1.42. The van der Waals surface area contributed by atoms with Gasteiger partial charge in [0.1, 0.15) is 4.70 Å². The van der Waals surface area contributed by atoms with Gasteiger partial charge in [0, 0.05) is 61.2 Å². The Bertz CT molecular complexity index is 2490. The number of imide groups is 1. The number of nitrogens with zero attached hydrogens (tertiary/aromatic N) is 3. The van der Waals surface area contributed by atoms with Crippen molar-refractivity contribution in [2.45, 2.75) is 88.5 Å². The lowest BCUT2D eigenvalue weighted by molar-refractivity contribution is -0.668. The molecule has 16 nitrogen and oxygen atoms in total. The van der Waals surface area contributed by atoms with Crippen LogP contribution in [0.4, 0.5) is 5.69 Å². The molecule has 20 heteroatoms. The molecule has 3 heterocycles. The number of thiazole rings is 1. The first-order valence-corrected chi connectivity index (χ1v) is 24.0. The van der Waals surface area contributed by atoms with E-state index in [2.05, 4.69) is 0 Å². The molecule has 2 amide bonds. The number of hydrogen-bond donors (Lipinski definition) is 3. The average molecular weight is 881 g/mol. The van der Waals surface area contributed by atoms with Gasteiger partial charge in [0.05, 0.1) is 16.4 Å². The maximum absolute atomic E-state index is 12.4. The van der Waals surface area contributed by atoms with E-state index in [-0.39, 0.29) is 49.3 Å². The summed E-state index contributed by atoms with van der Waals surface area (Å²) in [7, 11) is -13.0. The number of fused-ring (bicyclic) bond motifs is 2. The fourth-order valence-corrected chi connectivity index (χ4v) is 9.85. The molecule has 0 radical (unpaired) electrons. The summed E-state index contributed by atoms with van der Waals surface area (Å²) in [6, 6.07) is 10.1. The maximum atomic E-state index is 12.4. The van der Waals surface area contributed by atoms with Gasteiger partial charge in [-0.15, -0.1) is 5.06 Å². The minimum atomic E-state index is -4.60. The van der Waals surface area contributed by atoms with Crippen molar-refractivity contribution >= 4 is 81.5 Å². The molecule has 1 atom stereocenters. The highest BCUT2D eigenvalue weighted by Gasteiger charge is 2.43. The highest BCUT2D eigenvalue weighted by atomic mass is 32.2. The van der Waals surface area contributed by atoms with Crippen LogP contribution in [0.1, 0.15) is 80.8 Å². The number of amides is 2. The summed E-state index contributed by atoms with van der Waals surface area (Å²) in [6.07, 6.45) is 11.0. The molecule has 5 rings (SSSR count). The minimum Gasteiger partial charge on any atom is -0.344 e. The summed E-state index contributed by atoms with van der Waals surface area (Å²) in [5.41, 5.74) is 2.89. The number of anilines is 1. The SMILES string of the molecule is Cc1ccc2c(c1)sc(/C=C/C=C/C=C1\N(CCCS(=O)(=O)O)c3ccc(S(=O)(=O)O)cc3C1(C)CCCCCC(=O)ON1C(=O)CCC1=O)[n+]2CCCS(=O)(=O)O. The summed E-state index contributed by atoms with van der Waals surface area (Å²) in [5.74, 6) is -2.78. The van der Waals surface area contributed by atoms with Gasteiger partial charge in [0.15, 0.2) is 6.54 Å². The number of rotatable bonds is 19. The molecular weight excluding hydrogens is 835 g/mol. The van der Waals surface area contributed by atoms with Crippen LogP contribution in [0.2, 0.25) is 0 Å². The van der Waals surface area contributed by atoms with Crippen LogP contribution in [0.3, 0.4) is 0 Å². The van der Waals surface area contributed by atoms with E-state index in [1.165, 1.54) is 29.5 Å². The van der Waals surface area contributed by atoms with E-state index in [4.69, 9.17) is 4.84 Å². The summed E-state index contributed by atoms with van der Waals surface area (Å²) in [4.78, 5) is 42.5. The second-order valence-corrected chi connectivity index (χ2v) is 20.0. The van der Waals surface area contributed by atoms with E-state index in [1.54, 1.807) is 18.2 Å². The number of benzene rings is 2. The van der Waals surface area contributed by atoms with Crippen LogP contribution in [-0.2, 0) is 61.5 Å². The lowest BCUT2D eigenvalue weighted by Crippen LogP contribution is -2.35. The second-order valence-electron chi connectivity index (χ2n) is 14.4. The number of aryl methyl sites for hydroxylation is 2. The van der Waals surface area contributed by atoms with Crippen LogP contribution < -0.4 is 9.47 Å².